The SMILES string of the molecule is Cl.NC(CCn1ccnc1[N+](=O)[O-])C(=O)N1CCC(C(F)(F)F)CC1. The average Bonchev–Trinajstić information content (AvgIpc) is 3.00. The minimum atomic E-state index is -4.24. The standard InChI is InChI=1S/C13H18F3N5O3.ClH/c14-13(15,16)9-1-5-19(6-2-9)11(22)10(17)3-7-20-8-4-18-12(20)21(23)24;/h4,8-10H,1-3,5-7,17H2;1H. The largest absolute Gasteiger partial charge is 0.434 e. The van der Waals surface area contributed by atoms with Gasteiger partial charge in [-0.2, -0.15) is 13.2 Å². The van der Waals surface area contributed by atoms with Gasteiger partial charge in [0.15, 0.2) is 0 Å². The molecule has 1 aromatic heterocycles. The van der Waals surface area contributed by atoms with Gasteiger partial charge in [0, 0.05) is 19.5 Å². The number of carbonyl (C=O) groups is 1. The molecule has 8 nitrogen and oxygen atoms in total. The molecule has 1 fully saturated rings. The number of aromatic nitrogens is 2. The number of hydrogen-bond acceptors (Lipinski definition) is 5. The number of imidazole rings is 1. The van der Waals surface area contributed by atoms with Crippen molar-refractivity contribution in [3.63, 3.8) is 0 Å². The molecule has 142 valence electrons. The third kappa shape index (κ3) is 5.30. The summed E-state index contributed by atoms with van der Waals surface area (Å²) in [5.74, 6) is -2.16. The Morgan fingerprint density at radius 3 is 2.56 bits per heavy atom. The van der Waals surface area contributed by atoms with Gasteiger partial charge >= 0.3 is 12.1 Å². The fourth-order valence-corrected chi connectivity index (χ4v) is 2.71. The van der Waals surface area contributed by atoms with Crippen molar-refractivity contribution in [1.82, 2.24) is 14.5 Å². The van der Waals surface area contributed by atoms with Crippen molar-refractivity contribution in [1.29, 1.82) is 0 Å². The smallest absolute Gasteiger partial charge is 0.390 e. The highest BCUT2D eigenvalue weighted by Gasteiger charge is 2.42. The van der Waals surface area contributed by atoms with Crippen molar-refractivity contribution in [2.45, 2.75) is 38.0 Å². The molecule has 2 heterocycles. The zero-order chi connectivity index (χ0) is 17.9. The van der Waals surface area contributed by atoms with E-state index in [4.69, 9.17) is 5.73 Å². The summed E-state index contributed by atoms with van der Waals surface area (Å²) in [7, 11) is 0. The topological polar surface area (TPSA) is 107 Å². The normalized spacial score (nSPS) is 17.0. The first-order valence-corrected chi connectivity index (χ1v) is 7.46. The lowest BCUT2D eigenvalue weighted by Gasteiger charge is -2.34. The highest BCUT2D eigenvalue weighted by Crippen LogP contribution is 2.34. The number of nitrogens with two attached hydrogens (primary N) is 1. The maximum Gasteiger partial charge on any atom is 0.434 e. The second kappa shape index (κ2) is 8.48. The minimum absolute atomic E-state index is 0. The molecular weight excluding hydrogens is 367 g/mol. The fraction of sp³-hybridized carbons (Fsp3) is 0.692. The van der Waals surface area contributed by atoms with E-state index in [-0.39, 0.29) is 57.3 Å². The van der Waals surface area contributed by atoms with E-state index >= 15 is 0 Å². The molecule has 1 unspecified atom stereocenters. The number of alkyl halides is 3. The summed E-state index contributed by atoms with van der Waals surface area (Å²) in [6.45, 7) is 0.159. The van der Waals surface area contributed by atoms with E-state index in [1.54, 1.807) is 0 Å². The van der Waals surface area contributed by atoms with Crippen LogP contribution in [0.5, 0.6) is 0 Å². The monoisotopic (exact) mass is 385 g/mol. The van der Waals surface area contributed by atoms with Crippen LogP contribution in [0.1, 0.15) is 19.3 Å². The van der Waals surface area contributed by atoms with Crippen LogP contribution in [0.2, 0.25) is 0 Å². The van der Waals surface area contributed by atoms with Gasteiger partial charge in [-0.25, -0.2) is 4.57 Å². The van der Waals surface area contributed by atoms with Gasteiger partial charge < -0.3 is 20.7 Å². The van der Waals surface area contributed by atoms with Crippen LogP contribution < -0.4 is 5.73 Å². The number of piperidine rings is 1. The Morgan fingerprint density at radius 2 is 2.04 bits per heavy atom. The van der Waals surface area contributed by atoms with E-state index in [0.717, 1.165) is 0 Å². The molecular formula is C13H19ClF3N5O3. The predicted molar refractivity (Wildman–Crippen MR) is 84.1 cm³/mol. The van der Waals surface area contributed by atoms with E-state index in [1.807, 2.05) is 0 Å². The van der Waals surface area contributed by atoms with Crippen molar-refractivity contribution >= 4 is 24.3 Å². The third-order valence-electron chi connectivity index (χ3n) is 4.12. The number of rotatable bonds is 5. The van der Waals surface area contributed by atoms with Crippen LogP contribution in [0.4, 0.5) is 19.1 Å². The van der Waals surface area contributed by atoms with Crippen molar-refractivity contribution in [3.05, 3.63) is 22.5 Å². The summed E-state index contributed by atoms with van der Waals surface area (Å²) >= 11 is 0. The number of likely N-dealkylation sites (tertiary alicyclic amines) is 1. The maximum absolute atomic E-state index is 12.6. The van der Waals surface area contributed by atoms with Crippen LogP contribution in [-0.4, -0.2) is 50.6 Å². The summed E-state index contributed by atoms with van der Waals surface area (Å²) in [6.07, 6.45) is -1.69. The van der Waals surface area contributed by atoms with Gasteiger partial charge in [0.25, 0.3) is 0 Å². The van der Waals surface area contributed by atoms with E-state index < -0.39 is 29.0 Å². The van der Waals surface area contributed by atoms with E-state index in [1.165, 1.54) is 21.9 Å². The Morgan fingerprint density at radius 1 is 1.44 bits per heavy atom. The lowest BCUT2D eigenvalue weighted by atomic mass is 9.95. The molecule has 2 rings (SSSR count). The van der Waals surface area contributed by atoms with Gasteiger partial charge in [0.05, 0.1) is 18.5 Å². The molecule has 1 atom stereocenters. The van der Waals surface area contributed by atoms with Crippen molar-refractivity contribution in [3.8, 4) is 0 Å². The molecule has 0 saturated carbocycles. The second-order valence-corrected chi connectivity index (χ2v) is 5.71. The van der Waals surface area contributed by atoms with Crippen LogP contribution in [0.25, 0.3) is 0 Å². The first-order valence-electron chi connectivity index (χ1n) is 7.46. The highest BCUT2D eigenvalue weighted by atomic mass is 35.5. The number of aryl methyl sites for hydroxylation is 1. The summed E-state index contributed by atoms with van der Waals surface area (Å²) < 4.78 is 39.1. The van der Waals surface area contributed by atoms with Gasteiger partial charge in [-0.1, -0.05) is 4.98 Å². The molecule has 0 radical (unpaired) electrons. The number of nitrogens with zero attached hydrogens (tertiary/aromatic N) is 4. The molecule has 1 aliphatic heterocycles. The average molecular weight is 386 g/mol. The molecule has 1 saturated heterocycles. The Balaban J connectivity index is 0.00000312. The quantitative estimate of drug-likeness (QED) is 0.613. The van der Waals surface area contributed by atoms with Gasteiger partial charge in [-0.3, -0.25) is 4.79 Å². The predicted octanol–water partition coefficient (Wildman–Crippen LogP) is 1.73. The van der Waals surface area contributed by atoms with E-state index in [9.17, 15) is 28.1 Å². The zero-order valence-corrected chi connectivity index (χ0v) is 14.0. The zero-order valence-electron chi connectivity index (χ0n) is 13.2. The number of halogens is 4. The Hall–Kier alpha value is -1.88. The highest BCUT2D eigenvalue weighted by molar-refractivity contribution is 5.85. The van der Waals surface area contributed by atoms with Crippen LogP contribution in [-0.2, 0) is 11.3 Å². The summed E-state index contributed by atoms with van der Waals surface area (Å²) in [5, 5.41) is 10.7. The summed E-state index contributed by atoms with van der Waals surface area (Å²) in [5.41, 5.74) is 5.79. The van der Waals surface area contributed by atoms with Crippen molar-refractivity contribution in [2.24, 2.45) is 11.7 Å². The number of hydrogen-bond donors (Lipinski definition) is 1. The van der Waals surface area contributed by atoms with Crippen LogP contribution >= 0.6 is 12.4 Å². The number of nitro groups is 1. The van der Waals surface area contributed by atoms with Crippen LogP contribution in [0.15, 0.2) is 12.4 Å². The molecule has 0 spiro atoms. The number of carbonyl (C=O) groups excluding carboxylic acids is 1. The second-order valence-electron chi connectivity index (χ2n) is 5.71. The molecule has 0 aliphatic carbocycles. The maximum atomic E-state index is 12.6. The molecule has 2 N–H and O–H groups in total. The molecule has 12 heteroatoms. The third-order valence-corrected chi connectivity index (χ3v) is 4.12. The van der Waals surface area contributed by atoms with Gasteiger partial charge in [-0.15, -0.1) is 12.4 Å². The van der Waals surface area contributed by atoms with Crippen molar-refractivity contribution < 1.29 is 22.9 Å². The lowest BCUT2D eigenvalue weighted by Crippen LogP contribution is -2.48. The van der Waals surface area contributed by atoms with Crippen LogP contribution in [0, 0.1) is 16.0 Å². The Kier molecular flexibility index (Phi) is 7.17. The molecule has 0 bridgehead atoms. The molecule has 1 aromatic rings. The molecule has 0 aromatic carbocycles. The first kappa shape index (κ1) is 21.2. The van der Waals surface area contributed by atoms with Gasteiger partial charge in [0.1, 0.15) is 12.4 Å². The van der Waals surface area contributed by atoms with Gasteiger partial charge in [-0.05, 0) is 17.8 Å². The van der Waals surface area contributed by atoms with E-state index in [2.05, 4.69) is 4.98 Å². The molecule has 1 aliphatic rings. The molecule has 25 heavy (non-hydrogen) atoms. The number of amides is 1. The first-order chi connectivity index (χ1) is 11.2. The minimum Gasteiger partial charge on any atom is -0.390 e. The molecule has 1 amide bonds. The summed E-state index contributed by atoms with van der Waals surface area (Å²) in [6, 6.07) is -0.922. The van der Waals surface area contributed by atoms with Crippen molar-refractivity contribution in [2.75, 3.05) is 13.1 Å². The fourth-order valence-electron chi connectivity index (χ4n) is 2.71. The summed E-state index contributed by atoms with van der Waals surface area (Å²) in [4.78, 5) is 27.2. The lowest BCUT2D eigenvalue weighted by molar-refractivity contribution is -0.396. The van der Waals surface area contributed by atoms with Gasteiger partial charge in [0.2, 0.25) is 5.91 Å². The Labute approximate surface area is 147 Å². The Bertz CT molecular complexity index is 602. The van der Waals surface area contributed by atoms with Crippen LogP contribution in [0.3, 0.4) is 0 Å². The van der Waals surface area contributed by atoms with E-state index in [0.29, 0.717) is 0 Å².